The van der Waals surface area contributed by atoms with Crippen LogP contribution in [0.3, 0.4) is 0 Å². The topological polar surface area (TPSA) is 47.6 Å². The molecule has 4 nitrogen and oxygen atoms in total. The summed E-state index contributed by atoms with van der Waals surface area (Å²) in [5, 5.41) is 2.86. The number of amides is 1. The third-order valence-corrected chi connectivity index (χ3v) is 3.69. The van der Waals surface area contributed by atoms with E-state index in [0.717, 1.165) is 17.1 Å². The summed E-state index contributed by atoms with van der Waals surface area (Å²) in [6, 6.07) is 13.1. The van der Waals surface area contributed by atoms with Gasteiger partial charge in [-0.1, -0.05) is 12.1 Å². The molecule has 128 valence electrons. The highest BCUT2D eigenvalue weighted by molar-refractivity contribution is 5.94. The Morgan fingerprint density at radius 1 is 1.08 bits per heavy atom. The second kappa shape index (κ2) is 8.39. The second-order valence-corrected chi connectivity index (χ2v) is 5.99. The molecule has 1 amide bonds. The molecule has 0 aromatic heterocycles. The number of aryl methyl sites for hydroxylation is 1. The van der Waals surface area contributed by atoms with Gasteiger partial charge in [-0.25, -0.2) is 0 Å². The predicted molar refractivity (Wildman–Crippen MR) is 96.0 cm³/mol. The molecule has 0 saturated heterocycles. The average Bonchev–Trinajstić information content (AvgIpc) is 2.55. The molecule has 0 aliphatic rings. The Labute approximate surface area is 143 Å². The standard InChI is InChI=1S/C20H25NO3/c1-14(2)24-18-10-8-17(9-11-18)20(22)21-12-13-23-19-7-5-6-15(3)16(19)4/h5-11,14H,12-13H2,1-4H3,(H,21,22). The van der Waals surface area contributed by atoms with E-state index in [4.69, 9.17) is 9.47 Å². The summed E-state index contributed by atoms with van der Waals surface area (Å²) in [5.74, 6) is 1.51. The van der Waals surface area contributed by atoms with Gasteiger partial charge in [0.15, 0.2) is 0 Å². The first-order chi connectivity index (χ1) is 11.5. The van der Waals surface area contributed by atoms with Crippen molar-refractivity contribution in [3.63, 3.8) is 0 Å². The first kappa shape index (κ1) is 17.9. The molecule has 0 saturated carbocycles. The van der Waals surface area contributed by atoms with Crippen LogP contribution < -0.4 is 14.8 Å². The van der Waals surface area contributed by atoms with Gasteiger partial charge in [0.1, 0.15) is 18.1 Å². The first-order valence-electron chi connectivity index (χ1n) is 8.21. The van der Waals surface area contributed by atoms with Crippen molar-refractivity contribution in [1.82, 2.24) is 5.32 Å². The smallest absolute Gasteiger partial charge is 0.251 e. The molecular weight excluding hydrogens is 302 g/mol. The van der Waals surface area contributed by atoms with Crippen LogP contribution in [0, 0.1) is 13.8 Å². The highest BCUT2D eigenvalue weighted by atomic mass is 16.5. The maximum absolute atomic E-state index is 12.1. The molecule has 0 unspecified atom stereocenters. The molecular formula is C20H25NO3. The highest BCUT2D eigenvalue weighted by Gasteiger charge is 2.06. The number of hydrogen-bond acceptors (Lipinski definition) is 3. The Balaban J connectivity index is 1.79. The summed E-state index contributed by atoms with van der Waals surface area (Å²) in [6.07, 6.45) is 0.118. The zero-order valence-corrected chi connectivity index (χ0v) is 14.8. The molecule has 0 heterocycles. The normalized spacial score (nSPS) is 10.5. The Morgan fingerprint density at radius 2 is 1.79 bits per heavy atom. The summed E-state index contributed by atoms with van der Waals surface area (Å²) in [4.78, 5) is 12.1. The van der Waals surface area contributed by atoms with E-state index in [1.54, 1.807) is 12.1 Å². The summed E-state index contributed by atoms with van der Waals surface area (Å²) in [7, 11) is 0. The Hall–Kier alpha value is -2.49. The second-order valence-electron chi connectivity index (χ2n) is 5.99. The van der Waals surface area contributed by atoms with Crippen LogP contribution in [0.15, 0.2) is 42.5 Å². The van der Waals surface area contributed by atoms with Gasteiger partial charge >= 0.3 is 0 Å². The van der Waals surface area contributed by atoms with Crippen molar-refractivity contribution >= 4 is 5.91 Å². The summed E-state index contributed by atoms with van der Waals surface area (Å²) in [5.41, 5.74) is 2.93. The van der Waals surface area contributed by atoms with Crippen LogP contribution in [0.4, 0.5) is 0 Å². The lowest BCUT2D eigenvalue weighted by Gasteiger charge is -2.12. The van der Waals surface area contributed by atoms with Gasteiger partial charge < -0.3 is 14.8 Å². The Kier molecular flexibility index (Phi) is 6.24. The monoisotopic (exact) mass is 327 g/mol. The van der Waals surface area contributed by atoms with Gasteiger partial charge in [-0.3, -0.25) is 4.79 Å². The quantitative estimate of drug-likeness (QED) is 0.785. The van der Waals surface area contributed by atoms with Gasteiger partial charge in [0.25, 0.3) is 5.91 Å². The number of carbonyl (C=O) groups excluding carboxylic acids is 1. The minimum atomic E-state index is -0.115. The van der Waals surface area contributed by atoms with Gasteiger partial charge in [-0.15, -0.1) is 0 Å². The molecule has 2 aromatic carbocycles. The van der Waals surface area contributed by atoms with Crippen LogP contribution in [0.2, 0.25) is 0 Å². The van der Waals surface area contributed by atoms with Gasteiger partial charge in [0, 0.05) is 5.56 Å². The molecule has 0 radical (unpaired) electrons. The fourth-order valence-corrected chi connectivity index (χ4v) is 2.27. The molecule has 0 spiro atoms. The van der Waals surface area contributed by atoms with Crippen LogP contribution in [0.1, 0.15) is 35.3 Å². The summed E-state index contributed by atoms with van der Waals surface area (Å²) in [6.45, 7) is 8.91. The molecule has 0 atom stereocenters. The van der Waals surface area contributed by atoms with Gasteiger partial charge in [0.2, 0.25) is 0 Å². The van der Waals surface area contributed by atoms with E-state index in [9.17, 15) is 4.79 Å². The number of rotatable bonds is 7. The molecule has 0 aliphatic carbocycles. The van der Waals surface area contributed by atoms with E-state index < -0.39 is 0 Å². The molecule has 1 N–H and O–H groups in total. The van der Waals surface area contributed by atoms with Crippen LogP contribution in [0.5, 0.6) is 11.5 Å². The summed E-state index contributed by atoms with van der Waals surface area (Å²) < 4.78 is 11.3. The number of hydrogen-bond donors (Lipinski definition) is 1. The van der Waals surface area contributed by atoms with Crippen molar-refractivity contribution in [3.8, 4) is 11.5 Å². The maximum Gasteiger partial charge on any atom is 0.251 e. The molecule has 0 fully saturated rings. The van der Waals surface area contributed by atoms with Crippen molar-refractivity contribution in [3.05, 3.63) is 59.2 Å². The molecule has 2 aromatic rings. The molecule has 2 rings (SSSR count). The predicted octanol–water partition coefficient (Wildman–Crippen LogP) is 3.90. The lowest BCUT2D eigenvalue weighted by atomic mass is 10.1. The van der Waals surface area contributed by atoms with Crippen molar-refractivity contribution < 1.29 is 14.3 Å². The fraction of sp³-hybridized carbons (Fsp3) is 0.350. The zero-order chi connectivity index (χ0) is 17.5. The maximum atomic E-state index is 12.1. The van der Waals surface area contributed by atoms with E-state index in [1.165, 1.54) is 5.56 Å². The number of carbonyl (C=O) groups is 1. The van der Waals surface area contributed by atoms with Crippen LogP contribution in [0.25, 0.3) is 0 Å². The number of ether oxygens (including phenoxy) is 2. The van der Waals surface area contributed by atoms with Crippen molar-refractivity contribution in [2.75, 3.05) is 13.2 Å². The van der Waals surface area contributed by atoms with Crippen LogP contribution in [-0.2, 0) is 0 Å². The lowest BCUT2D eigenvalue weighted by Crippen LogP contribution is -2.28. The molecule has 4 heteroatoms. The minimum Gasteiger partial charge on any atom is -0.491 e. The number of benzene rings is 2. The fourth-order valence-electron chi connectivity index (χ4n) is 2.27. The van der Waals surface area contributed by atoms with E-state index >= 15 is 0 Å². The SMILES string of the molecule is Cc1cccc(OCCNC(=O)c2ccc(OC(C)C)cc2)c1C. The van der Waals surface area contributed by atoms with Crippen LogP contribution in [-0.4, -0.2) is 25.2 Å². The Morgan fingerprint density at radius 3 is 2.46 bits per heavy atom. The van der Waals surface area contributed by atoms with E-state index in [1.807, 2.05) is 45.0 Å². The third-order valence-electron chi connectivity index (χ3n) is 3.69. The van der Waals surface area contributed by atoms with Crippen LogP contribution >= 0.6 is 0 Å². The minimum absolute atomic E-state index is 0.115. The lowest BCUT2D eigenvalue weighted by molar-refractivity contribution is 0.0947. The van der Waals surface area contributed by atoms with E-state index in [0.29, 0.717) is 18.7 Å². The van der Waals surface area contributed by atoms with E-state index in [-0.39, 0.29) is 12.0 Å². The van der Waals surface area contributed by atoms with Crippen molar-refractivity contribution in [1.29, 1.82) is 0 Å². The average molecular weight is 327 g/mol. The molecule has 0 bridgehead atoms. The van der Waals surface area contributed by atoms with Gasteiger partial charge in [-0.05, 0) is 69.2 Å². The summed E-state index contributed by atoms with van der Waals surface area (Å²) >= 11 is 0. The molecule has 24 heavy (non-hydrogen) atoms. The van der Waals surface area contributed by atoms with Crippen molar-refractivity contribution in [2.24, 2.45) is 0 Å². The van der Waals surface area contributed by atoms with Gasteiger partial charge in [0.05, 0.1) is 12.6 Å². The van der Waals surface area contributed by atoms with E-state index in [2.05, 4.69) is 18.3 Å². The zero-order valence-electron chi connectivity index (χ0n) is 14.8. The van der Waals surface area contributed by atoms with Gasteiger partial charge in [-0.2, -0.15) is 0 Å². The number of nitrogens with one attached hydrogen (secondary N) is 1. The molecule has 0 aliphatic heterocycles. The van der Waals surface area contributed by atoms with Crippen molar-refractivity contribution in [2.45, 2.75) is 33.8 Å². The third kappa shape index (κ3) is 5.01. The highest BCUT2D eigenvalue weighted by Crippen LogP contribution is 2.20. The first-order valence-corrected chi connectivity index (χ1v) is 8.21. The Bertz CT molecular complexity index is 678. The largest absolute Gasteiger partial charge is 0.491 e.